The molecule has 4 aliphatic heterocycles. The number of nitrogens with zero attached hydrogens (tertiary/aromatic N) is 1. The Hall–Kier alpha value is -1.68. The highest BCUT2D eigenvalue weighted by Gasteiger charge is 2.56. The molecule has 4 aliphatic rings. The average Bonchev–Trinajstić information content (AvgIpc) is 3.28. The van der Waals surface area contributed by atoms with Gasteiger partial charge in [-0.2, -0.15) is 0 Å². The molecule has 13 heteroatoms. The maximum atomic E-state index is 14.2. The van der Waals surface area contributed by atoms with Crippen LogP contribution in [-0.2, 0) is 42.7 Å². The third-order valence-electron chi connectivity index (χ3n) is 11.7. The van der Waals surface area contributed by atoms with Crippen LogP contribution in [0.15, 0.2) is 11.3 Å². The highest BCUT2D eigenvalue weighted by molar-refractivity contribution is 6.04. The lowest BCUT2D eigenvalue weighted by Gasteiger charge is -2.48. The summed E-state index contributed by atoms with van der Waals surface area (Å²) in [6.07, 6.45) is -6.74. The van der Waals surface area contributed by atoms with Crippen LogP contribution in [0.4, 0.5) is 0 Å². The molecule has 0 saturated carbocycles. The molecule has 13 nitrogen and oxygen atoms in total. The highest BCUT2D eigenvalue weighted by atomic mass is 16.7. The summed E-state index contributed by atoms with van der Waals surface area (Å²) in [7, 11) is 5.27. The second-order valence-corrected chi connectivity index (χ2v) is 16.1. The molecule has 0 aliphatic carbocycles. The largest absolute Gasteiger partial charge is 0.479 e. The van der Waals surface area contributed by atoms with E-state index >= 15 is 0 Å². The molecule has 0 aromatic rings. The van der Waals surface area contributed by atoms with Crippen LogP contribution in [0.2, 0.25) is 0 Å². The summed E-state index contributed by atoms with van der Waals surface area (Å²) in [6, 6.07) is -0.275. The smallest absolute Gasteiger partial charge is 0.311 e. The van der Waals surface area contributed by atoms with Crippen LogP contribution in [0.1, 0.15) is 94.9 Å². The topological polar surface area (TPSA) is 163 Å². The number of aliphatic hydroxyl groups is 3. The number of allylic oxidation sites excluding steroid dienone is 1. The number of methoxy groups -OCH3 is 1. The van der Waals surface area contributed by atoms with Gasteiger partial charge in [0.1, 0.15) is 24.1 Å². The molecule has 2 unspecified atom stereocenters. The summed E-state index contributed by atoms with van der Waals surface area (Å²) < 4.78 is 43.9. The number of hydrogen-bond donors (Lipinski definition) is 3. The first kappa shape index (κ1) is 41.1. The van der Waals surface area contributed by atoms with E-state index in [1.165, 1.54) is 7.11 Å². The first-order valence-corrected chi connectivity index (χ1v) is 18.2. The van der Waals surface area contributed by atoms with E-state index in [1.807, 2.05) is 46.7 Å². The molecule has 288 valence electrons. The maximum absolute atomic E-state index is 14.2. The Balaban J connectivity index is 1.83. The van der Waals surface area contributed by atoms with Crippen LogP contribution < -0.4 is 0 Å². The lowest BCUT2D eigenvalue weighted by molar-refractivity contribution is -0.317. The second kappa shape index (κ2) is 15.4. The van der Waals surface area contributed by atoms with Gasteiger partial charge in [-0.25, -0.2) is 0 Å². The maximum Gasteiger partial charge on any atom is 0.311 e. The van der Waals surface area contributed by atoms with E-state index in [2.05, 4.69) is 0 Å². The zero-order valence-electron chi connectivity index (χ0n) is 32.3. The Morgan fingerprint density at radius 1 is 0.980 bits per heavy atom. The van der Waals surface area contributed by atoms with Crippen molar-refractivity contribution in [2.45, 2.75) is 173 Å². The van der Waals surface area contributed by atoms with Crippen molar-refractivity contribution in [2.75, 3.05) is 21.2 Å². The quantitative estimate of drug-likeness (QED) is 0.331. The van der Waals surface area contributed by atoms with Crippen molar-refractivity contribution >= 4 is 11.8 Å². The number of ether oxygens (including phenoxy) is 7. The summed E-state index contributed by atoms with van der Waals surface area (Å²) in [4.78, 5) is 29.8. The Kier molecular flexibility index (Phi) is 12.6. The molecule has 4 rings (SSSR count). The molecule has 0 amide bonds. The third-order valence-corrected chi connectivity index (χ3v) is 11.7. The zero-order chi connectivity index (χ0) is 37.7. The molecule has 0 aromatic heterocycles. The van der Waals surface area contributed by atoms with E-state index in [-0.39, 0.29) is 30.8 Å². The monoisotopic (exact) mass is 713 g/mol. The molecule has 3 saturated heterocycles. The summed E-state index contributed by atoms with van der Waals surface area (Å²) in [6.45, 7) is 17.6. The van der Waals surface area contributed by atoms with Crippen LogP contribution in [0.3, 0.4) is 0 Å². The van der Waals surface area contributed by atoms with Gasteiger partial charge in [0.15, 0.2) is 12.6 Å². The van der Waals surface area contributed by atoms with Gasteiger partial charge in [0, 0.05) is 37.0 Å². The second-order valence-electron chi connectivity index (χ2n) is 16.1. The summed E-state index contributed by atoms with van der Waals surface area (Å²) in [5.74, 6) is -2.61. The van der Waals surface area contributed by atoms with Gasteiger partial charge in [-0.1, -0.05) is 20.8 Å². The minimum absolute atomic E-state index is 0.102. The van der Waals surface area contributed by atoms with Gasteiger partial charge in [-0.15, -0.1) is 0 Å². The van der Waals surface area contributed by atoms with Gasteiger partial charge in [0.2, 0.25) is 11.4 Å². The van der Waals surface area contributed by atoms with Crippen molar-refractivity contribution in [3.63, 3.8) is 0 Å². The summed E-state index contributed by atoms with van der Waals surface area (Å²) >= 11 is 0. The number of carbonyl (C=O) groups is 2. The SMILES string of the molecule is CC[C@H]1OC(=O)C(C)C(O[C@H]2C[C@@](C)(OC)[C@@H](O)[C@H](C)O2)[C@H](C)[C@@H](O[C@@H]2O[C@H](C)C[C@H](N(C)C)[C@H]2O)[C@](C)(O)C[C@@H](C)C2=C(C)C(=O)[C@]1(C)O2. The van der Waals surface area contributed by atoms with Gasteiger partial charge in [0.05, 0.1) is 41.5 Å². The van der Waals surface area contributed by atoms with Crippen molar-refractivity contribution < 1.29 is 58.1 Å². The van der Waals surface area contributed by atoms with E-state index in [9.17, 15) is 24.9 Å². The number of carbonyl (C=O) groups excluding carboxylic acids is 2. The Bertz CT molecular complexity index is 1260. The van der Waals surface area contributed by atoms with Gasteiger partial charge in [-0.3, -0.25) is 9.59 Å². The van der Waals surface area contributed by atoms with Crippen molar-refractivity contribution in [3.8, 4) is 0 Å². The number of aliphatic hydroxyl groups excluding tert-OH is 2. The normalized spacial score (nSPS) is 48.1. The minimum Gasteiger partial charge on any atom is -0.479 e. The molecule has 3 fully saturated rings. The zero-order valence-corrected chi connectivity index (χ0v) is 32.3. The van der Waals surface area contributed by atoms with Crippen molar-refractivity contribution in [3.05, 3.63) is 11.3 Å². The molecule has 2 bridgehead atoms. The van der Waals surface area contributed by atoms with Crippen LogP contribution >= 0.6 is 0 Å². The molecule has 0 spiro atoms. The van der Waals surface area contributed by atoms with E-state index in [0.29, 0.717) is 24.2 Å². The molecule has 0 radical (unpaired) electrons. The molecule has 4 heterocycles. The third kappa shape index (κ3) is 7.82. The predicted octanol–water partition coefficient (Wildman–Crippen LogP) is 3.10. The number of hydrogen-bond acceptors (Lipinski definition) is 13. The molecular formula is C37H63NO12. The van der Waals surface area contributed by atoms with Crippen LogP contribution in [-0.4, -0.2) is 131 Å². The number of likely N-dealkylation sites (N-methyl/N-ethyl adjacent to an activating group) is 1. The highest BCUT2D eigenvalue weighted by Crippen LogP contribution is 2.44. The van der Waals surface area contributed by atoms with E-state index in [0.717, 1.165) is 0 Å². The van der Waals surface area contributed by atoms with Gasteiger partial charge >= 0.3 is 5.97 Å². The lowest BCUT2D eigenvalue weighted by Crippen LogP contribution is -2.60. The Labute approximate surface area is 297 Å². The first-order chi connectivity index (χ1) is 23.1. The Morgan fingerprint density at radius 2 is 1.62 bits per heavy atom. The van der Waals surface area contributed by atoms with Crippen molar-refractivity contribution in [1.82, 2.24) is 4.90 Å². The van der Waals surface area contributed by atoms with Crippen LogP contribution in [0, 0.1) is 17.8 Å². The molecule has 0 aromatic carbocycles. The number of esters is 1. The van der Waals surface area contributed by atoms with Crippen LogP contribution in [0.25, 0.3) is 0 Å². The molecule has 16 atom stereocenters. The average molecular weight is 714 g/mol. The molecule has 50 heavy (non-hydrogen) atoms. The van der Waals surface area contributed by atoms with Crippen molar-refractivity contribution in [2.24, 2.45) is 17.8 Å². The van der Waals surface area contributed by atoms with Gasteiger partial charge < -0.3 is 53.4 Å². The first-order valence-electron chi connectivity index (χ1n) is 18.2. The number of rotatable bonds is 7. The standard InChI is InChI=1S/C37H63NO12/c1-14-25-37(10)30(40)20(4)28(50-37)18(2)16-35(8,43)32(49-34-27(39)24(38(11)12)15-19(3)45-34)21(5)29(22(6)33(42)47-25)48-26-17-36(9,44-13)31(41)23(7)46-26/h18-19,21-27,29,31-32,34,39,41,43H,14-17H2,1-13H3/t18-,19-,21+,22?,23+,24+,25-,26+,27-,29?,31+,32-,34+,35-,36-,37-/m1/s1. The number of cyclic esters (lactones) is 1. The fraction of sp³-hybridized carbons (Fsp3) is 0.892. The van der Waals surface area contributed by atoms with E-state index in [1.54, 1.807) is 41.5 Å². The molecular weight excluding hydrogens is 650 g/mol. The Morgan fingerprint density at radius 3 is 2.20 bits per heavy atom. The number of ketones is 1. The fourth-order valence-electron chi connectivity index (χ4n) is 8.59. The molecule has 3 N–H and O–H groups in total. The summed E-state index contributed by atoms with van der Waals surface area (Å²) in [5, 5.41) is 34.9. The van der Waals surface area contributed by atoms with Gasteiger partial charge in [-0.05, 0) is 81.8 Å². The van der Waals surface area contributed by atoms with Crippen molar-refractivity contribution in [1.29, 1.82) is 0 Å². The van der Waals surface area contributed by atoms with Gasteiger partial charge in [0.25, 0.3) is 0 Å². The lowest BCUT2D eigenvalue weighted by atomic mass is 9.77. The number of Topliss-reactive ketones (excluding diaryl/α,β-unsaturated/α-hetero) is 1. The van der Waals surface area contributed by atoms with E-state index in [4.69, 9.17) is 33.2 Å². The minimum atomic E-state index is -1.63. The summed E-state index contributed by atoms with van der Waals surface area (Å²) in [5.41, 5.74) is -3.67. The fourth-order valence-corrected chi connectivity index (χ4v) is 8.59. The predicted molar refractivity (Wildman–Crippen MR) is 183 cm³/mol. The van der Waals surface area contributed by atoms with Crippen LogP contribution in [0.5, 0.6) is 0 Å². The van der Waals surface area contributed by atoms with E-state index < -0.39 is 89.7 Å². The number of fused-ring (bicyclic) bond motifs is 2.